The smallest absolute Gasteiger partial charge is 0.304 e. The molecule has 1 aliphatic rings. The third kappa shape index (κ3) is 3.05. The average Bonchev–Trinajstić information content (AvgIpc) is 2.72. The summed E-state index contributed by atoms with van der Waals surface area (Å²) < 4.78 is 0. The van der Waals surface area contributed by atoms with Crippen LogP contribution in [0, 0.1) is 6.92 Å². The van der Waals surface area contributed by atoms with Gasteiger partial charge in [-0.15, -0.1) is 0 Å². The van der Waals surface area contributed by atoms with Crippen molar-refractivity contribution in [3.05, 3.63) is 28.8 Å². The SMILES string of the molecule is Cc1ccc(O)c2c1C(C)CC2N(CCC(=O)O)C(C)C. The van der Waals surface area contributed by atoms with Crippen LogP contribution in [0.25, 0.3) is 0 Å². The van der Waals surface area contributed by atoms with E-state index in [0.29, 0.717) is 18.2 Å². The average molecular weight is 291 g/mol. The van der Waals surface area contributed by atoms with Gasteiger partial charge in [0.1, 0.15) is 5.75 Å². The van der Waals surface area contributed by atoms with Crippen LogP contribution in [-0.2, 0) is 4.79 Å². The van der Waals surface area contributed by atoms with Crippen molar-refractivity contribution in [1.82, 2.24) is 4.90 Å². The number of carbonyl (C=O) groups is 1. The van der Waals surface area contributed by atoms with Crippen LogP contribution in [0.5, 0.6) is 5.75 Å². The Morgan fingerprint density at radius 2 is 2.05 bits per heavy atom. The quantitative estimate of drug-likeness (QED) is 0.872. The van der Waals surface area contributed by atoms with E-state index >= 15 is 0 Å². The van der Waals surface area contributed by atoms with E-state index in [1.807, 2.05) is 6.07 Å². The standard InChI is InChI=1S/C17H25NO3/c1-10(2)18(8-7-15(20)21)13-9-12(4)16-11(3)5-6-14(19)17(13)16/h5-6,10,12-13,19H,7-9H2,1-4H3,(H,20,21). The molecule has 1 aromatic carbocycles. The Morgan fingerprint density at radius 1 is 1.38 bits per heavy atom. The monoisotopic (exact) mass is 291 g/mol. The number of aliphatic carboxylic acids is 1. The first-order valence-corrected chi connectivity index (χ1v) is 7.62. The molecule has 0 amide bonds. The van der Waals surface area contributed by atoms with E-state index in [2.05, 4.69) is 32.6 Å². The number of carboxylic acids is 1. The zero-order chi connectivity index (χ0) is 15.7. The van der Waals surface area contributed by atoms with Gasteiger partial charge < -0.3 is 10.2 Å². The molecule has 2 unspecified atom stereocenters. The van der Waals surface area contributed by atoms with Crippen molar-refractivity contribution in [1.29, 1.82) is 0 Å². The maximum absolute atomic E-state index is 10.9. The van der Waals surface area contributed by atoms with Crippen LogP contribution in [0.1, 0.15) is 62.3 Å². The molecule has 2 N–H and O–H groups in total. The number of fused-ring (bicyclic) bond motifs is 1. The molecule has 0 fully saturated rings. The van der Waals surface area contributed by atoms with Crippen molar-refractivity contribution in [2.45, 2.75) is 58.5 Å². The lowest BCUT2D eigenvalue weighted by molar-refractivity contribution is -0.137. The van der Waals surface area contributed by atoms with Crippen LogP contribution < -0.4 is 0 Å². The Balaban J connectivity index is 2.37. The van der Waals surface area contributed by atoms with E-state index in [9.17, 15) is 9.90 Å². The maximum atomic E-state index is 10.9. The highest BCUT2D eigenvalue weighted by Gasteiger charge is 2.36. The zero-order valence-electron chi connectivity index (χ0n) is 13.3. The lowest BCUT2D eigenvalue weighted by Gasteiger charge is -2.33. The Hall–Kier alpha value is -1.55. The molecule has 0 saturated carbocycles. The van der Waals surface area contributed by atoms with Crippen LogP contribution in [-0.4, -0.2) is 33.7 Å². The predicted molar refractivity (Wildman–Crippen MR) is 82.7 cm³/mol. The van der Waals surface area contributed by atoms with E-state index in [0.717, 1.165) is 12.0 Å². The topological polar surface area (TPSA) is 60.8 Å². The minimum absolute atomic E-state index is 0.106. The van der Waals surface area contributed by atoms with E-state index in [-0.39, 0.29) is 18.5 Å². The summed E-state index contributed by atoms with van der Waals surface area (Å²) in [5.41, 5.74) is 3.45. The third-order valence-electron chi connectivity index (χ3n) is 4.53. The van der Waals surface area contributed by atoms with Gasteiger partial charge in [0.15, 0.2) is 0 Å². The molecule has 1 aromatic rings. The number of phenolic OH excluding ortho intramolecular Hbond substituents is 1. The Bertz CT molecular complexity index is 539. The summed E-state index contributed by atoms with van der Waals surface area (Å²) in [4.78, 5) is 13.1. The van der Waals surface area contributed by atoms with Crippen molar-refractivity contribution in [2.24, 2.45) is 0 Å². The van der Waals surface area contributed by atoms with Gasteiger partial charge in [0.25, 0.3) is 0 Å². The van der Waals surface area contributed by atoms with E-state index in [1.165, 1.54) is 11.1 Å². The molecule has 0 aromatic heterocycles. The minimum atomic E-state index is -0.777. The van der Waals surface area contributed by atoms with E-state index in [1.54, 1.807) is 6.07 Å². The summed E-state index contributed by atoms with van der Waals surface area (Å²) in [7, 11) is 0. The number of phenols is 1. The number of benzene rings is 1. The summed E-state index contributed by atoms with van der Waals surface area (Å²) in [5, 5.41) is 19.3. The van der Waals surface area contributed by atoms with Gasteiger partial charge in [-0.1, -0.05) is 13.0 Å². The zero-order valence-corrected chi connectivity index (χ0v) is 13.3. The predicted octanol–water partition coefficient (Wildman–Crippen LogP) is 3.43. The summed E-state index contributed by atoms with van der Waals surface area (Å²) in [6, 6.07) is 4.07. The van der Waals surface area contributed by atoms with Gasteiger partial charge >= 0.3 is 5.97 Å². The first-order valence-electron chi connectivity index (χ1n) is 7.62. The highest BCUT2D eigenvalue weighted by atomic mass is 16.4. The number of carboxylic acid groups (broad SMARTS) is 1. The molecular formula is C17H25NO3. The van der Waals surface area contributed by atoms with E-state index in [4.69, 9.17) is 5.11 Å². The van der Waals surface area contributed by atoms with Gasteiger partial charge in [0, 0.05) is 24.2 Å². The number of rotatable bonds is 5. The summed E-state index contributed by atoms with van der Waals surface area (Å²) in [6.45, 7) is 8.93. The summed E-state index contributed by atoms with van der Waals surface area (Å²) in [5.74, 6) is -0.0468. The lowest BCUT2D eigenvalue weighted by atomic mass is 9.97. The highest BCUT2D eigenvalue weighted by Crippen LogP contribution is 2.49. The number of aromatic hydroxyl groups is 1. The number of aryl methyl sites for hydroxylation is 1. The third-order valence-corrected chi connectivity index (χ3v) is 4.53. The van der Waals surface area contributed by atoms with Crippen molar-refractivity contribution in [3.63, 3.8) is 0 Å². The maximum Gasteiger partial charge on any atom is 0.304 e. The van der Waals surface area contributed by atoms with Crippen molar-refractivity contribution in [2.75, 3.05) is 6.54 Å². The molecule has 116 valence electrons. The van der Waals surface area contributed by atoms with Crippen LogP contribution in [0.15, 0.2) is 12.1 Å². The molecule has 2 rings (SSSR count). The van der Waals surface area contributed by atoms with Crippen LogP contribution in [0.3, 0.4) is 0 Å². The lowest BCUT2D eigenvalue weighted by Crippen LogP contribution is -2.35. The molecule has 4 heteroatoms. The molecule has 0 bridgehead atoms. The Labute approximate surface area is 126 Å². The van der Waals surface area contributed by atoms with E-state index < -0.39 is 5.97 Å². The van der Waals surface area contributed by atoms with Crippen LogP contribution in [0.4, 0.5) is 0 Å². The fourth-order valence-corrected chi connectivity index (χ4v) is 3.61. The summed E-state index contributed by atoms with van der Waals surface area (Å²) >= 11 is 0. The van der Waals surface area contributed by atoms with Crippen molar-refractivity contribution in [3.8, 4) is 5.75 Å². The molecule has 0 aliphatic heterocycles. The Kier molecular flexibility index (Phi) is 4.57. The highest BCUT2D eigenvalue weighted by molar-refractivity contribution is 5.66. The largest absolute Gasteiger partial charge is 0.508 e. The normalized spacial score (nSPS) is 21.0. The molecule has 4 nitrogen and oxygen atoms in total. The molecule has 0 radical (unpaired) electrons. The second-order valence-corrected chi connectivity index (χ2v) is 6.36. The van der Waals surface area contributed by atoms with Crippen LogP contribution >= 0.6 is 0 Å². The molecular weight excluding hydrogens is 266 g/mol. The second-order valence-electron chi connectivity index (χ2n) is 6.36. The number of nitrogens with zero attached hydrogens (tertiary/aromatic N) is 1. The molecule has 1 aliphatic carbocycles. The van der Waals surface area contributed by atoms with Gasteiger partial charge in [-0.2, -0.15) is 0 Å². The minimum Gasteiger partial charge on any atom is -0.508 e. The fourth-order valence-electron chi connectivity index (χ4n) is 3.61. The summed E-state index contributed by atoms with van der Waals surface area (Å²) in [6.07, 6.45) is 1.07. The van der Waals surface area contributed by atoms with Crippen LogP contribution in [0.2, 0.25) is 0 Å². The van der Waals surface area contributed by atoms with Gasteiger partial charge in [0.05, 0.1) is 6.42 Å². The Morgan fingerprint density at radius 3 is 2.62 bits per heavy atom. The number of hydrogen-bond donors (Lipinski definition) is 2. The molecule has 0 heterocycles. The van der Waals surface area contributed by atoms with Crippen molar-refractivity contribution >= 4 is 5.97 Å². The van der Waals surface area contributed by atoms with Gasteiger partial charge in [-0.25, -0.2) is 0 Å². The molecule has 21 heavy (non-hydrogen) atoms. The molecule has 0 saturated heterocycles. The van der Waals surface area contributed by atoms with Gasteiger partial charge in [-0.3, -0.25) is 9.69 Å². The molecule has 0 spiro atoms. The van der Waals surface area contributed by atoms with Gasteiger partial charge in [0.2, 0.25) is 0 Å². The fraction of sp³-hybridized carbons (Fsp3) is 0.588. The molecule has 2 atom stereocenters. The van der Waals surface area contributed by atoms with Crippen molar-refractivity contribution < 1.29 is 15.0 Å². The first-order chi connectivity index (χ1) is 9.82. The van der Waals surface area contributed by atoms with Gasteiger partial charge in [-0.05, 0) is 50.3 Å². The number of hydrogen-bond acceptors (Lipinski definition) is 3. The second kappa shape index (κ2) is 6.06. The first kappa shape index (κ1) is 15.8.